The van der Waals surface area contributed by atoms with Crippen molar-refractivity contribution in [1.29, 1.82) is 0 Å². The average molecular weight is 425 g/mol. The number of carbonyl (C=O) groups is 1. The molecule has 0 saturated carbocycles. The number of benzene rings is 3. The van der Waals surface area contributed by atoms with E-state index in [1.807, 2.05) is 54.6 Å². The van der Waals surface area contributed by atoms with Crippen LogP contribution in [0.2, 0.25) is 0 Å². The van der Waals surface area contributed by atoms with Gasteiger partial charge in [-0.15, -0.1) is 11.3 Å². The first kappa shape index (κ1) is 19.2. The first-order valence-corrected chi connectivity index (χ1v) is 10.9. The number of hydrogen-bond donors (Lipinski definition) is 1. The molecule has 5 aromatic rings. The van der Waals surface area contributed by atoms with Crippen molar-refractivity contribution in [3.05, 3.63) is 95.4 Å². The summed E-state index contributed by atoms with van der Waals surface area (Å²) in [4.78, 5) is 21.9. The summed E-state index contributed by atoms with van der Waals surface area (Å²) in [5, 5.41) is 5.59. The fourth-order valence-electron chi connectivity index (χ4n) is 3.62. The quantitative estimate of drug-likeness (QED) is 0.420. The molecule has 5 rings (SSSR count). The number of rotatable bonds is 5. The van der Waals surface area contributed by atoms with Crippen molar-refractivity contribution in [2.24, 2.45) is 0 Å². The molecule has 31 heavy (non-hydrogen) atoms. The van der Waals surface area contributed by atoms with Crippen LogP contribution in [-0.2, 0) is 6.54 Å². The molecular formula is C25H20N4OS. The van der Waals surface area contributed by atoms with Crippen LogP contribution in [-0.4, -0.2) is 27.5 Å². The van der Waals surface area contributed by atoms with Gasteiger partial charge in [0.05, 0.1) is 16.7 Å². The number of carbonyl (C=O) groups excluding carboxylic acids is 1. The van der Waals surface area contributed by atoms with E-state index in [1.165, 1.54) is 5.56 Å². The van der Waals surface area contributed by atoms with Gasteiger partial charge in [-0.25, -0.2) is 9.97 Å². The number of nitrogens with zero attached hydrogens (tertiary/aromatic N) is 3. The zero-order valence-corrected chi connectivity index (χ0v) is 17.8. The van der Waals surface area contributed by atoms with Gasteiger partial charge in [0.25, 0.3) is 5.91 Å². The molecule has 1 amide bonds. The van der Waals surface area contributed by atoms with Crippen LogP contribution in [0.5, 0.6) is 0 Å². The summed E-state index contributed by atoms with van der Waals surface area (Å²) in [6.45, 7) is 0.673. The highest BCUT2D eigenvalue weighted by Gasteiger charge is 2.18. The molecule has 1 N–H and O–H groups in total. The topological polar surface area (TPSA) is 59.8 Å². The predicted molar refractivity (Wildman–Crippen MR) is 125 cm³/mol. The van der Waals surface area contributed by atoms with Crippen LogP contribution in [0, 0.1) is 0 Å². The molecule has 0 spiro atoms. The molecule has 0 aliphatic rings. The second-order valence-electron chi connectivity index (χ2n) is 7.19. The molecule has 2 aromatic heterocycles. The van der Waals surface area contributed by atoms with Gasteiger partial charge < -0.3 is 9.88 Å². The minimum Gasteiger partial charge on any atom is -0.355 e. The number of amides is 1. The van der Waals surface area contributed by atoms with Crippen LogP contribution in [0.3, 0.4) is 0 Å². The second kappa shape index (κ2) is 8.16. The molecule has 0 saturated heterocycles. The van der Waals surface area contributed by atoms with Gasteiger partial charge in [0.1, 0.15) is 0 Å². The number of thiazole rings is 1. The first-order valence-electron chi connectivity index (χ1n) is 10.0. The Morgan fingerprint density at radius 2 is 1.71 bits per heavy atom. The normalized spacial score (nSPS) is 11.0. The Morgan fingerprint density at radius 3 is 2.45 bits per heavy atom. The van der Waals surface area contributed by atoms with E-state index in [2.05, 4.69) is 39.5 Å². The SMILES string of the molecule is CNC(=O)c1ccc2c(c1)nc(-c1nc(-c3ccccc3)cs1)n2Cc1ccccc1. The van der Waals surface area contributed by atoms with E-state index < -0.39 is 0 Å². The molecule has 152 valence electrons. The van der Waals surface area contributed by atoms with Gasteiger partial charge in [0, 0.05) is 30.1 Å². The first-order chi connectivity index (χ1) is 15.2. The van der Waals surface area contributed by atoms with E-state index in [1.54, 1.807) is 18.4 Å². The molecule has 2 heterocycles. The highest BCUT2D eigenvalue weighted by molar-refractivity contribution is 7.13. The number of aromatic nitrogens is 3. The van der Waals surface area contributed by atoms with Crippen LogP contribution in [0.4, 0.5) is 0 Å². The van der Waals surface area contributed by atoms with Gasteiger partial charge >= 0.3 is 0 Å². The number of nitrogens with one attached hydrogen (secondary N) is 1. The monoisotopic (exact) mass is 424 g/mol. The van der Waals surface area contributed by atoms with Crippen LogP contribution in [0.15, 0.2) is 84.2 Å². The molecule has 0 aliphatic carbocycles. The van der Waals surface area contributed by atoms with Gasteiger partial charge in [0.2, 0.25) is 0 Å². The van der Waals surface area contributed by atoms with Gasteiger partial charge in [0.15, 0.2) is 10.8 Å². The highest BCUT2D eigenvalue weighted by atomic mass is 32.1. The highest BCUT2D eigenvalue weighted by Crippen LogP contribution is 2.31. The minimum atomic E-state index is -0.123. The molecule has 0 fully saturated rings. The third-order valence-corrected chi connectivity index (χ3v) is 6.02. The Balaban J connectivity index is 1.64. The second-order valence-corrected chi connectivity index (χ2v) is 8.05. The van der Waals surface area contributed by atoms with Crippen molar-refractivity contribution in [1.82, 2.24) is 19.9 Å². The predicted octanol–water partition coefficient (Wildman–Crippen LogP) is 5.23. The van der Waals surface area contributed by atoms with E-state index in [0.29, 0.717) is 12.1 Å². The summed E-state index contributed by atoms with van der Waals surface area (Å²) in [7, 11) is 1.63. The Bertz CT molecular complexity index is 1360. The van der Waals surface area contributed by atoms with Crippen molar-refractivity contribution in [2.45, 2.75) is 6.54 Å². The zero-order valence-electron chi connectivity index (χ0n) is 16.9. The molecule has 5 nitrogen and oxygen atoms in total. The van der Waals surface area contributed by atoms with Crippen LogP contribution in [0.25, 0.3) is 33.1 Å². The maximum Gasteiger partial charge on any atom is 0.251 e. The molecular weight excluding hydrogens is 404 g/mol. The van der Waals surface area contributed by atoms with Crippen molar-refractivity contribution < 1.29 is 4.79 Å². The van der Waals surface area contributed by atoms with Crippen LogP contribution < -0.4 is 5.32 Å². The minimum absolute atomic E-state index is 0.123. The summed E-state index contributed by atoms with van der Waals surface area (Å²) in [5.41, 5.74) is 5.54. The van der Waals surface area contributed by atoms with E-state index in [-0.39, 0.29) is 5.91 Å². The third kappa shape index (κ3) is 3.73. The lowest BCUT2D eigenvalue weighted by molar-refractivity contribution is 0.0963. The number of imidazole rings is 1. The molecule has 0 unspecified atom stereocenters. The van der Waals surface area contributed by atoms with E-state index >= 15 is 0 Å². The van der Waals surface area contributed by atoms with E-state index in [9.17, 15) is 4.79 Å². The summed E-state index contributed by atoms with van der Waals surface area (Å²) in [6, 6.07) is 26.1. The van der Waals surface area contributed by atoms with E-state index in [0.717, 1.165) is 33.1 Å². The van der Waals surface area contributed by atoms with Gasteiger partial charge in [-0.05, 0) is 23.8 Å². The largest absolute Gasteiger partial charge is 0.355 e. The van der Waals surface area contributed by atoms with E-state index in [4.69, 9.17) is 9.97 Å². The van der Waals surface area contributed by atoms with Crippen molar-refractivity contribution in [2.75, 3.05) is 7.05 Å². The molecule has 6 heteroatoms. The lowest BCUT2D eigenvalue weighted by atomic mass is 10.2. The lowest BCUT2D eigenvalue weighted by Gasteiger charge is -2.08. The molecule has 0 aliphatic heterocycles. The summed E-state index contributed by atoms with van der Waals surface area (Å²) in [5.74, 6) is 0.682. The summed E-state index contributed by atoms with van der Waals surface area (Å²) >= 11 is 1.58. The Morgan fingerprint density at radius 1 is 0.968 bits per heavy atom. The smallest absolute Gasteiger partial charge is 0.251 e. The van der Waals surface area contributed by atoms with Crippen LogP contribution >= 0.6 is 11.3 Å². The zero-order chi connectivity index (χ0) is 21.2. The average Bonchev–Trinajstić information content (AvgIpc) is 3.45. The van der Waals surface area contributed by atoms with Gasteiger partial charge in [-0.2, -0.15) is 0 Å². The summed E-state index contributed by atoms with van der Waals surface area (Å²) in [6.07, 6.45) is 0. The van der Waals surface area contributed by atoms with Crippen molar-refractivity contribution in [3.8, 4) is 22.1 Å². The van der Waals surface area contributed by atoms with Crippen molar-refractivity contribution >= 4 is 28.3 Å². The Kier molecular flexibility index (Phi) is 5.06. The van der Waals surface area contributed by atoms with Gasteiger partial charge in [-0.3, -0.25) is 4.79 Å². The maximum atomic E-state index is 12.1. The number of hydrogen-bond acceptors (Lipinski definition) is 4. The van der Waals surface area contributed by atoms with Gasteiger partial charge in [-0.1, -0.05) is 60.7 Å². The summed E-state index contributed by atoms with van der Waals surface area (Å²) < 4.78 is 2.17. The third-order valence-electron chi connectivity index (χ3n) is 5.19. The molecule has 0 atom stereocenters. The Labute approximate surface area is 184 Å². The fourth-order valence-corrected chi connectivity index (χ4v) is 4.45. The Hall–Kier alpha value is -3.77. The number of fused-ring (bicyclic) bond motifs is 1. The molecule has 0 radical (unpaired) electrons. The lowest BCUT2D eigenvalue weighted by Crippen LogP contribution is -2.17. The standard InChI is InChI=1S/C25H20N4OS/c1-26-24(30)19-12-13-22-20(14-19)27-23(29(22)15-17-8-4-2-5-9-17)25-28-21(16-31-25)18-10-6-3-7-11-18/h2-14,16H,15H2,1H3,(H,26,30). The molecule has 0 bridgehead atoms. The van der Waals surface area contributed by atoms with Crippen LogP contribution in [0.1, 0.15) is 15.9 Å². The fraction of sp³-hybridized carbons (Fsp3) is 0.0800. The van der Waals surface area contributed by atoms with Crippen molar-refractivity contribution in [3.63, 3.8) is 0 Å². The molecule has 3 aromatic carbocycles. The maximum absolute atomic E-state index is 12.1.